The molecule has 8 heteroatoms. The van der Waals surface area contributed by atoms with Crippen LogP contribution >= 0.6 is 0 Å². The quantitative estimate of drug-likeness (QED) is 0.183. The number of aromatic nitrogens is 1. The molecule has 0 fully saturated rings. The van der Waals surface area contributed by atoms with Crippen molar-refractivity contribution in [3.05, 3.63) is 127 Å². The fourth-order valence-electron chi connectivity index (χ4n) is 6.65. The molecule has 0 aliphatic heterocycles. The third-order valence-electron chi connectivity index (χ3n) is 9.62. The molecule has 0 aliphatic carbocycles. The van der Waals surface area contributed by atoms with E-state index in [1.807, 2.05) is 24.7 Å². The summed E-state index contributed by atoms with van der Waals surface area (Å²) in [4.78, 5) is 9.51. The molecule has 0 saturated carbocycles. The molecule has 0 aliphatic rings. The molecule has 0 saturated heterocycles. The second-order valence-electron chi connectivity index (χ2n) is 12.1. The van der Waals surface area contributed by atoms with E-state index in [2.05, 4.69) is 153 Å². The number of hydrogen-bond acceptors (Lipinski definition) is 3. The Morgan fingerprint density at radius 1 is 0.543 bits per heavy atom. The second-order valence-corrected chi connectivity index (χ2v) is 12.1. The molecule has 3 nitrogen and oxygen atoms in total. The van der Waals surface area contributed by atoms with Gasteiger partial charge in [0, 0.05) is 35.4 Å². The number of nitrogens with one attached hydrogen (secondary N) is 1. The molecule has 7 aromatic rings. The van der Waals surface area contributed by atoms with Gasteiger partial charge in [0.25, 0.3) is 0 Å². The van der Waals surface area contributed by atoms with Crippen LogP contribution < -0.4 is 32.6 Å². The number of para-hydroxylation sites is 2. The highest BCUT2D eigenvalue weighted by molar-refractivity contribution is 6.68. The van der Waals surface area contributed by atoms with Crippen LogP contribution in [0.5, 0.6) is 0 Å². The fourth-order valence-corrected chi connectivity index (χ4v) is 6.65. The summed E-state index contributed by atoms with van der Waals surface area (Å²) in [6, 6.07) is 38.6. The molecule has 0 spiro atoms. The topological polar surface area (TPSA) is 37.3 Å². The van der Waals surface area contributed by atoms with E-state index in [-0.39, 0.29) is 0 Å². The predicted molar refractivity (Wildman–Crippen MR) is 214 cm³/mol. The van der Waals surface area contributed by atoms with E-state index in [4.69, 9.17) is 4.99 Å². The summed E-state index contributed by atoms with van der Waals surface area (Å²) in [6.45, 7) is 0. The number of nitrogens with zero attached hydrogens (tertiary/aromatic N) is 2. The highest BCUT2D eigenvalue weighted by Gasteiger charge is 2.16. The third kappa shape index (κ3) is 5.24. The molecule has 0 bridgehead atoms. The summed E-state index contributed by atoms with van der Waals surface area (Å²) in [7, 11) is 11.0. The van der Waals surface area contributed by atoms with Gasteiger partial charge in [-0.2, -0.15) is 0 Å². The lowest BCUT2D eigenvalue weighted by atomic mass is 9.61. The van der Waals surface area contributed by atoms with Crippen LogP contribution in [0.1, 0.15) is 5.56 Å². The van der Waals surface area contributed by atoms with Crippen molar-refractivity contribution in [1.29, 1.82) is 0 Å². The molecule has 0 unspecified atom stereocenters. The van der Waals surface area contributed by atoms with Crippen LogP contribution in [0.3, 0.4) is 0 Å². The molecule has 0 atom stereocenters. The maximum absolute atomic E-state index is 5.16. The van der Waals surface area contributed by atoms with Crippen molar-refractivity contribution < 1.29 is 0 Å². The maximum Gasteiger partial charge on any atom is 0.141 e. The normalized spacial score (nSPS) is 11.4. The Balaban J connectivity index is 1.37. The molecule has 0 amide bonds. The van der Waals surface area contributed by atoms with E-state index >= 15 is 0 Å². The van der Waals surface area contributed by atoms with E-state index in [0.717, 1.165) is 33.8 Å². The Morgan fingerprint density at radius 3 is 1.76 bits per heavy atom. The van der Waals surface area contributed by atoms with Crippen LogP contribution in [0, 0.1) is 0 Å². The number of hydrogen-bond donors (Lipinski definition) is 1. The lowest BCUT2D eigenvalue weighted by molar-refractivity contribution is 1.33. The van der Waals surface area contributed by atoms with Crippen molar-refractivity contribution >= 4 is 111 Å². The summed E-state index contributed by atoms with van der Waals surface area (Å²) in [6.07, 6.45) is 5.79. The monoisotopic (exact) mass is 585 g/mol. The van der Waals surface area contributed by atoms with Crippen molar-refractivity contribution in [1.82, 2.24) is 4.98 Å². The highest BCUT2D eigenvalue weighted by atomic mass is 14.9. The van der Waals surface area contributed by atoms with Crippen LogP contribution in [0.4, 0.5) is 17.1 Å². The van der Waals surface area contributed by atoms with Gasteiger partial charge in [0.15, 0.2) is 0 Å². The molecular formula is C38H32B5N3. The van der Waals surface area contributed by atoms with Gasteiger partial charge in [-0.1, -0.05) is 107 Å². The Kier molecular flexibility index (Phi) is 7.88. The smallest absolute Gasteiger partial charge is 0.141 e. The van der Waals surface area contributed by atoms with E-state index in [1.54, 1.807) is 0 Å². The molecule has 1 aromatic heterocycles. The Hall–Kier alpha value is -5.22. The van der Waals surface area contributed by atoms with Crippen LogP contribution in [0.15, 0.2) is 127 Å². The molecule has 1 heterocycles. The molecule has 7 rings (SSSR count). The molecule has 6 aromatic carbocycles. The van der Waals surface area contributed by atoms with E-state index in [1.165, 1.54) is 60.0 Å². The number of anilines is 2. The zero-order valence-corrected chi connectivity index (χ0v) is 27.0. The summed E-state index contributed by atoms with van der Waals surface area (Å²) in [5.74, 6) is 0. The number of benzene rings is 6. The van der Waals surface area contributed by atoms with Gasteiger partial charge in [0.2, 0.25) is 0 Å². The SMILES string of the molecule is Bc1c(B)c(B)c(Nc2ccccc2/N=C/c2c3ccccc3c(-c3cccc(-c4cccnc4)c3)c3ccccc23)c(B)c1B. The summed E-state index contributed by atoms with van der Waals surface area (Å²) >= 11 is 0. The van der Waals surface area contributed by atoms with Gasteiger partial charge in [0.05, 0.1) is 11.4 Å². The lowest BCUT2D eigenvalue weighted by Gasteiger charge is -2.22. The van der Waals surface area contributed by atoms with Crippen LogP contribution in [0.2, 0.25) is 0 Å². The Labute approximate surface area is 275 Å². The fraction of sp³-hybridized carbons (Fsp3) is 0. The number of rotatable bonds is 6. The van der Waals surface area contributed by atoms with Crippen molar-refractivity contribution in [3.63, 3.8) is 0 Å². The largest absolute Gasteiger partial charge is 0.355 e. The predicted octanol–water partition coefficient (Wildman–Crippen LogP) is 1.51. The van der Waals surface area contributed by atoms with Gasteiger partial charge in [0.1, 0.15) is 39.2 Å². The molecule has 46 heavy (non-hydrogen) atoms. The minimum absolute atomic E-state index is 0.901. The number of fused-ring (bicyclic) bond motifs is 2. The minimum atomic E-state index is 0.901. The first kappa shape index (κ1) is 29.5. The standard InChI is InChI=1S/C38H32B5N3/c39-33-34(40)36(42)38(37(43)35(33)41)46-31-17-6-5-16-30(31)45-21-29-25-12-1-3-14-27(25)32(28-15-4-2-13-26(28)29)23-10-7-9-22(19-23)24-11-8-18-44-20-24/h1-21,46H,39-43H2/b45-21+. The van der Waals surface area contributed by atoms with Crippen LogP contribution in [-0.4, -0.2) is 50.4 Å². The molecule has 1 N–H and O–H groups in total. The number of pyridine rings is 1. The van der Waals surface area contributed by atoms with Gasteiger partial charge >= 0.3 is 0 Å². The van der Waals surface area contributed by atoms with Gasteiger partial charge in [-0.15, -0.1) is 5.46 Å². The van der Waals surface area contributed by atoms with Crippen molar-refractivity contribution in [3.8, 4) is 22.3 Å². The zero-order valence-electron chi connectivity index (χ0n) is 27.0. The molecule has 0 radical (unpaired) electrons. The average Bonchev–Trinajstić information content (AvgIpc) is 3.11. The van der Waals surface area contributed by atoms with Gasteiger partial charge in [-0.05, 0) is 62.5 Å². The minimum Gasteiger partial charge on any atom is -0.355 e. The van der Waals surface area contributed by atoms with E-state index < -0.39 is 0 Å². The molecule has 214 valence electrons. The Bertz CT molecular complexity index is 2220. The lowest BCUT2D eigenvalue weighted by Crippen LogP contribution is -2.55. The first-order valence-electron chi connectivity index (χ1n) is 15.8. The van der Waals surface area contributed by atoms with Crippen molar-refractivity contribution in [2.45, 2.75) is 0 Å². The first-order valence-corrected chi connectivity index (χ1v) is 15.8. The van der Waals surface area contributed by atoms with Crippen LogP contribution in [-0.2, 0) is 0 Å². The van der Waals surface area contributed by atoms with E-state index in [9.17, 15) is 0 Å². The number of aliphatic imine (C=N–C) groups is 1. The summed E-state index contributed by atoms with van der Waals surface area (Å²) in [5, 5.41) is 8.52. The summed E-state index contributed by atoms with van der Waals surface area (Å²) < 4.78 is 0. The van der Waals surface area contributed by atoms with Crippen molar-refractivity contribution in [2.75, 3.05) is 5.32 Å². The Morgan fingerprint density at radius 2 is 1.11 bits per heavy atom. The van der Waals surface area contributed by atoms with Crippen molar-refractivity contribution in [2.24, 2.45) is 4.99 Å². The van der Waals surface area contributed by atoms with E-state index in [0.29, 0.717) is 0 Å². The van der Waals surface area contributed by atoms with Gasteiger partial charge in [-0.25, -0.2) is 0 Å². The zero-order chi connectivity index (χ0) is 31.8. The average molecular weight is 585 g/mol. The second kappa shape index (κ2) is 12.3. The first-order chi connectivity index (χ1) is 22.4. The summed E-state index contributed by atoms with van der Waals surface area (Å²) in [5.41, 5.74) is 15.4. The highest BCUT2D eigenvalue weighted by Crippen LogP contribution is 2.40. The third-order valence-corrected chi connectivity index (χ3v) is 9.62. The maximum atomic E-state index is 5.16. The van der Waals surface area contributed by atoms with Gasteiger partial charge in [-0.3, -0.25) is 9.98 Å². The molecular weight excluding hydrogens is 552 g/mol. The van der Waals surface area contributed by atoms with Gasteiger partial charge < -0.3 is 5.32 Å². The van der Waals surface area contributed by atoms with Crippen LogP contribution in [0.25, 0.3) is 43.8 Å².